The summed E-state index contributed by atoms with van der Waals surface area (Å²) >= 11 is 0. The zero-order valence-corrected chi connectivity index (χ0v) is 14.0. The summed E-state index contributed by atoms with van der Waals surface area (Å²) < 4.78 is 45.2. The summed E-state index contributed by atoms with van der Waals surface area (Å²) in [4.78, 5) is 11.9. The van der Waals surface area contributed by atoms with E-state index in [1.807, 2.05) is 0 Å². The Morgan fingerprint density at radius 3 is 2.42 bits per heavy atom. The molecule has 2 aromatic rings. The molecule has 0 spiro atoms. The van der Waals surface area contributed by atoms with Crippen LogP contribution in [0.5, 0.6) is 5.75 Å². The van der Waals surface area contributed by atoms with Crippen molar-refractivity contribution < 1.29 is 22.3 Å². The molecule has 0 heterocycles. The molecule has 8 heteroatoms. The van der Waals surface area contributed by atoms with E-state index in [1.54, 1.807) is 6.92 Å². The number of amides is 1. The predicted octanol–water partition coefficient (Wildman–Crippen LogP) is 2.38. The summed E-state index contributed by atoms with van der Waals surface area (Å²) in [5, 5.41) is 2.60. The van der Waals surface area contributed by atoms with E-state index >= 15 is 0 Å². The van der Waals surface area contributed by atoms with Crippen molar-refractivity contribution in [3.05, 3.63) is 53.8 Å². The van der Waals surface area contributed by atoms with Crippen molar-refractivity contribution in [2.45, 2.75) is 11.8 Å². The molecule has 0 aromatic heterocycles. The van der Waals surface area contributed by atoms with Crippen LogP contribution in [-0.4, -0.2) is 28.0 Å². The van der Waals surface area contributed by atoms with Gasteiger partial charge in [0.25, 0.3) is 15.9 Å². The summed E-state index contributed by atoms with van der Waals surface area (Å²) in [6.45, 7) is 2.15. The Balaban J connectivity index is 2.37. The van der Waals surface area contributed by atoms with E-state index in [0.29, 0.717) is 6.54 Å². The van der Waals surface area contributed by atoms with E-state index in [1.165, 1.54) is 37.4 Å². The lowest BCUT2D eigenvalue weighted by Crippen LogP contribution is -2.24. The third-order valence-corrected chi connectivity index (χ3v) is 4.54. The Bertz CT molecular complexity index is 836. The van der Waals surface area contributed by atoms with Crippen LogP contribution in [-0.2, 0) is 10.0 Å². The highest BCUT2D eigenvalue weighted by Gasteiger charge is 2.19. The van der Waals surface area contributed by atoms with Gasteiger partial charge in [-0.05, 0) is 49.4 Å². The molecule has 0 aliphatic heterocycles. The first-order valence-corrected chi connectivity index (χ1v) is 8.60. The standard InChI is InChI=1S/C16H17FN2O4S/c1-3-18-16(20)14-10-13(8-9-15(14)23-2)24(21,22)19-12-6-4-11(17)5-7-12/h4-10,19H,3H2,1-2H3,(H,18,20). The number of sulfonamides is 1. The van der Waals surface area contributed by atoms with E-state index in [0.717, 1.165) is 12.1 Å². The normalized spacial score (nSPS) is 11.0. The molecular formula is C16H17FN2O4S. The summed E-state index contributed by atoms with van der Waals surface area (Å²) in [7, 11) is -2.54. The number of nitrogens with one attached hydrogen (secondary N) is 2. The van der Waals surface area contributed by atoms with Gasteiger partial charge in [-0.3, -0.25) is 9.52 Å². The van der Waals surface area contributed by atoms with E-state index < -0.39 is 21.7 Å². The molecule has 6 nitrogen and oxygen atoms in total. The Labute approximate surface area is 139 Å². The highest BCUT2D eigenvalue weighted by atomic mass is 32.2. The van der Waals surface area contributed by atoms with Gasteiger partial charge in [-0.1, -0.05) is 0 Å². The maximum atomic E-state index is 12.9. The molecule has 24 heavy (non-hydrogen) atoms. The first kappa shape index (κ1) is 17.7. The summed E-state index contributed by atoms with van der Waals surface area (Å²) in [5.41, 5.74) is 0.327. The third kappa shape index (κ3) is 4.02. The van der Waals surface area contributed by atoms with E-state index in [2.05, 4.69) is 10.0 Å². The van der Waals surface area contributed by atoms with Crippen LogP contribution >= 0.6 is 0 Å². The van der Waals surface area contributed by atoms with Gasteiger partial charge in [-0.15, -0.1) is 0 Å². The fourth-order valence-electron chi connectivity index (χ4n) is 2.02. The van der Waals surface area contributed by atoms with Gasteiger partial charge >= 0.3 is 0 Å². The molecule has 0 atom stereocenters. The number of methoxy groups -OCH3 is 1. The number of benzene rings is 2. The van der Waals surface area contributed by atoms with Crippen LogP contribution in [0.3, 0.4) is 0 Å². The zero-order valence-electron chi connectivity index (χ0n) is 13.2. The van der Waals surface area contributed by atoms with Crippen LogP contribution in [0.1, 0.15) is 17.3 Å². The second kappa shape index (κ2) is 7.31. The molecule has 2 rings (SSSR count). The van der Waals surface area contributed by atoms with Gasteiger partial charge in [0.15, 0.2) is 0 Å². The largest absolute Gasteiger partial charge is 0.496 e. The molecule has 2 N–H and O–H groups in total. The van der Waals surface area contributed by atoms with E-state index in [-0.39, 0.29) is 21.9 Å². The molecule has 0 unspecified atom stereocenters. The smallest absolute Gasteiger partial charge is 0.261 e. The molecule has 0 aliphatic carbocycles. The number of rotatable bonds is 6. The van der Waals surface area contributed by atoms with Gasteiger partial charge in [0.1, 0.15) is 11.6 Å². The Morgan fingerprint density at radius 2 is 1.83 bits per heavy atom. The fraction of sp³-hybridized carbons (Fsp3) is 0.188. The Morgan fingerprint density at radius 1 is 1.17 bits per heavy atom. The second-order valence-electron chi connectivity index (χ2n) is 4.83. The molecule has 128 valence electrons. The van der Waals surface area contributed by atoms with Crippen molar-refractivity contribution in [1.29, 1.82) is 0 Å². The number of hydrogen-bond donors (Lipinski definition) is 2. The molecule has 0 bridgehead atoms. The zero-order chi connectivity index (χ0) is 17.7. The average molecular weight is 352 g/mol. The number of ether oxygens (including phenoxy) is 1. The monoisotopic (exact) mass is 352 g/mol. The van der Waals surface area contributed by atoms with Crippen molar-refractivity contribution in [2.75, 3.05) is 18.4 Å². The minimum Gasteiger partial charge on any atom is -0.496 e. The lowest BCUT2D eigenvalue weighted by Gasteiger charge is -2.12. The molecule has 0 fully saturated rings. The Hall–Kier alpha value is -2.61. The number of halogens is 1. The minimum absolute atomic E-state index is 0.103. The van der Waals surface area contributed by atoms with Crippen molar-refractivity contribution in [2.24, 2.45) is 0 Å². The van der Waals surface area contributed by atoms with Crippen LogP contribution < -0.4 is 14.8 Å². The Kier molecular flexibility index (Phi) is 5.40. The second-order valence-corrected chi connectivity index (χ2v) is 6.52. The number of anilines is 1. The molecule has 0 saturated heterocycles. The number of carbonyl (C=O) groups excluding carboxylic acids is 1. The van der Waals surface area contributed by atoms with Gasteiger partial charge in [0.2, 0.25) is 0 Å². The minimum atomic E-state index is -3.93. The molecule has 1 amide bonds. The van der Waals surface area contributed by atoms with Crippen LogP contribution in [0.2, 0.25) is 0 Å². The van der Waals surface area contributed by atoms with E-state index in [9.17, 15) is 17.6 Å². The highest BCUT2D eigenvalue weighted by Crippen LogP contribution is 2.24. The molecule has 0 aliphatic rings. The quantitative estimate of drug-likeness (QED) is 0.836. The lowest BCUT2D eigenvalue weighted by atomic mass is 10.2. The first-order valence-electron chi connectivity index (χ1n) is 7.12. The van der Waals surface area contributed by atoms with Crippen molar-refractivity contribution >= 4 is 21.6 Å². The lowest BCUT2D eigenvalue weighted by molar-refractivity contribution is 0.0952. The molecule has 0 saturated carbocycles. The maximum absolute atomic E-state index is 12.9. The molecule has 2 aromatic carbocycles. The van der Waals surface area contributed by atoms with Gasteiger partial charge < -0.3 is 10.1 Å². The molecular weight excluding hydrogens is 335 g/mol. The van der Waals surface area contributed by atoms with Crippen LogP contribution in [0, 0.1) is 5.82 Å². The first-order chi connectivity index (χ1) is 11.4. The van der Waals surface area contributed by atoms with Gasteiger partial charge in [0.05, 0.1) is 17.6 Å². The van der Waals surface area contributed by atoms with E-state index in [4.69, 9.17) is 4.74 Å². The SMILES string of the molecule is CCNC(=O)c1cc(S(=O)(=O)Nc2ccc(F)cc2)ccc1OC. The van der Waals surface area contributed by atoms with Crippen LogP contribution in [0.25, 0.3) is 0 Å². The van der Waals surface area contributed by atoms with Gasteiger partial charge in [0, 0.05) is 12.2 Å². The maximum Gasteiger partial charge on any atom is 0.261 e. The molecule has 0 radical (unpaired) electrons. The van der Waals surface area contributed by atoms with Gasteiger partial charge in [-0.25, -0.2) is 12.8 Å². The number of hydrogen-bond acceptors (Lipinski definition) is 4. The van der Waals surface area contributed by atoms with Gasteiger partial charge in [-0.2, -0.15) is 0 Å². The fourth-order valence-corrected chi connectivity index (χ4v) is 3.10. The van der Waals surface area contributed by atoms with Crippen molar-refractivity contribution in [3.63, 3.8) is 0 Å². The summed E-state index contributed by atoms with van der Waals surface area (Å²) in [5.74, 6) is -0.643. The van der Waals surface area contributed by atoms with Crippen molar-refractivity contribution in [1.82, 2.24) is 5.32 Å². The van der Waals surface area contributed by atoms with Crippen LogP contribution in [0.15, 0.2) is 47.4 Å². The topological polar surface area (TPSA) is 84.5 Å². The number of carbonyl (C=O) groups is 1. The van der Waals surface area contributed by atoms with Crippen molar-refractivity contribution in [3.8, 4) is 5.75 Å². The van der Waals surface area contributed by atoms with Crippen LogP contribution in [0.4, 0.5) is 10.1 Å². The third-order valence-electron chi connectivity index (χ3n) is 3.16. The average Bonchev–Trinajstić information content (AvgIpc) is 2.56. The predicted molar refractivity (Wildman–Crippen MR) is 88.2 cm³/mol. The summed E-state index contributed by atoms with van der Waals surface area (Å²) in [6.07, 6.45) is 0. The summed E-state index contributed by atoms with van der Waals surface area (Å²) in [6, 6.07) is 8.87. The highest BCUT2D eigenvalue weighted by molar-refractivity contribution is 7.92.